The summed E-state index contributed by atoms with van der Waals surface area (Å²) in [6.07, 6.45) is 1.52. The van der Waals surface area contributed by atoms with E-state index in [1.54, 1.807) is 24.3 Å². The van der Waals surface area contributed by atoms with Gasteiger partial charge in [0.25, 0.3) is 11.1 Å². The van der Waals surface area contributed by atoms with E-state index < -0.39 is 17.1 Å². The number of anilines is 1. The molecule has 3 amide bonds. The number of thioether (sulfide) groups is 1. The topological polar surface area (TPSA) is 66.5 Å². The van der Waals surface area contributed by atoms with Crippen molar-refractivity contribution in [2.45, 2.75) is 13.8 Å². The summed E-state index contributed by atoms with van der Waals surface area (Å²) in [5.74, 6) is -0.973. The van der Waals surface area contributed by atoms with Gasteiger partial charge in [0.1, 0.15) is 6.54 Å². The van der Waals surface area contributed by atoms with Gasteiger partial charge in [0, 0.05) is 15.7 Å². The van der Waals surface area contributed by atoms with Crippen molar-refractivity contribution in [2.24, 2.45) is 0 Å². The third kappa shape index (κ3) is 4.41. The molecule has 1 fully saturated rings. The first-order valence-corrected chi connectivity index (χ1v) is 9.90. The summed E-state index contributed by atoms with van der Waals surface area (Å²) in [4.78, 5) is 38.3. The van der Waals surface area contributed by atoms with Crippen molar-refractivity contribution >= 4 is 63.8 Å². The summed E-state index contributed by atoms with van der Waals surface area (Å²) >= 11 is 12.8. The van der Waals surface area contributed by atoms with E-state index in [0.717, 1.165) is 27.8 Å². The van der Waals surface area contributed by atoms with Crippen LogP contribution in [0.3, 0.4) is 0 Å². The third-order valence-corrected chi connectivity index (χ3v) is 5.77. The lowest BCUT2D eigenvalue weighted by molar-refractivity contribution is -0.127. The van der Waals surface area contributed by atoms with Crippen molar-refractivity contribution in [1.29, 1.82) is 0 Å². The van der Waals surface area contributed by atoms with Crippen LogP contribution in [-0.2, 0) is 9.59 Å². The minimum absolute atomic E-state index is 0.203. The molecule has 1 saturated heterocycles. The molecule has 5 nitrogen and oxygen atoms in total. The highest BCUT2D eigenvalue weighted by molar-refractivity contribution is 8.18. The van der Waals surface area contributed by atoms with Crippen LogP contribution < -0.4 is 5.32 Å². The van der Waals surface area contributed by atoms with Gasteiger partial charge in [-0.25, -0.2) is 0 Å². The summed E-state index contributed by atoms with van der Waals surface area (Å²) in [7, 11) is 0. The van der Waals surface area contributed by atoms with Crippen molar-refractivity contribution < 1.29 is 14.4 Å². The molecule has 0 atom stereocenters. The van der Waals surface area contributed by atoms with Crippen molar-refractivity contribution in [3.63, 3.8) is 0 Å². The van der Waals surface area contributed by atoms with E-state index in [0.29, 0.717) is 21.3 Å². The van der Waals surface area contributed by atoms with Gasteiger partial charge in [-0.3, -0.25) is 19.3 Å². The van der Waals surface area contributed by atoms with Crippen LogP contribution in [0.4, 0.5) is 10.5 Å². The zero-order valence-corrected chi connectivity index (χ0v) is 17.4. The number of benzene rings is 2. The molecule has 1 heterocycles. The summed E-state index contributed by atoms with van der Waals surface area (Å²) in [6, 6.07) is 10.4. The molecule has 3 rings (SSSR count). The molecule has 0 radical (unpaired) electrons. The zero-order valence-electron chi connectivity index (χ0n) is 15.1. The molecule has 0 aromatic heterocycles. The Morgan fingerprint density at radius 2 is 1.93 bits per heavy atom. The first-order chi connectivity index (χ1) is 13.3. The Morgan fingerprint density at radius 1 is 1.18 bits per heavy atom. The van der Waals surface area contributed by atoms with E-state index in [1.165, 1.54) is 6.08 Å². The Morgan fingerprint density at radius 3 is 2.64 bits per heavy atom. The molecule has 28 heavy (non-hydrogen) atoms. The smallest absolute Gasteiger partial charge is 0.294 e. The Labute approximate surface area is 176 Å². The largest absolute Gasteiger partial charge is 0.324 e. The highest BCUT2D eigenvalue weighted by atomic mass is 35.5. The number of carbonyl (C=O) groups excluding carboxylic acids is 3. The second kappa shape index (κ2) is 8.39. The van der Waals surface area contributed by atoms with Gasteiger partial charge in [-0.2, -0.15) is 0 Å². The number of hydrogen-bond acceptors (Lipinski definition) is 4. The van der Waals surface area contributed by atoms with Crippen LogP contribution in [0.2, 0.25) is 10.0 Å². The lowest BCUT2D eigenvalue weighted by Crippen LogP contribution is -2.36. The third-order valence-electron chi connectivity index (χ3n) is 4.30. The first-order valence-electron chi connectivity index (χ1n) is 8.32. The number of rotatable bonds is 4. The lowest BCUT2D eigenvalue weighted by atomic mass is 10.1. The fourth-order valence-corrected chi connectivity index (χ4v) is 3.91. The summed E-state index contributed by atoms with van der Waals surface area (Å²) < 4.78 is 0. The van der Waals surface area contributed by atoms with Gasteiger partial charge >= 0.3 is 0 Å². The van der Waals surface area contributed by atoms with Gasteiger partial charge < -0.3 is 5.32 Å². The van der Waals surface area contributed by atoms with Crippen molar-refractivity contribution in [3.8, 4) is 0 Å². The summed E-state index contributed by atoms with van der Waals surface area (Å²) in [6.45, 7) is 3.47. The maximum atomic E-state index is 12.6. The molecule has 0 saturated carbocycles. The molecular weight excluding hydrogens is 419 g/mol. The molecule has 0 unspecified atom stereocenters. The molecular formula is C20H16Cl2N2O3S. The first kappa shape index (κ1) is 20.5. The van der Waals surface area contributed by atoms with Gasteiger partial charge in [0.05, 0.1) is 4.91 Å². The number of amides is 3. The Hall–Kier alpha value is -2.28. The van der Waals surface area contributed by atoms with Gasteiger partial charge in [-0.05, 0) is 66.6 Å². The normalized spacial score (nSPS) is 15.4. The van der Waals surface area contributed by atoms with Gasteiger partial charge in [0.2, 0.25) is 5.91 Å². The number of carbonyl (C=O) groups is 3. The van der Waals surface area contributed by atoms with Crippen LogP contribution in [0.15, 0.2) is 41.3 Å². The Kier molecular flexibility index (Phi) is 6.13. The van der Waals surface area contributed by atoms with E-state index in [-0.39, 0.29) is 11.4 Å². The molecule has 1 aliphatic rings. The maximum absolute atomic E-state index is 12.6. The van der Waals surface area contributed by atoms with Crippen LogP contribution in [0.1, 0.15) is 16.7 Å². The highest BCUT2D eigenvalue weighted by Crippen LogP contribution is 2.34. The summed E-state index contributed by atoms with van der Waals surface area (Å²) in [5, 5.41) is 3.09. The number of imide groups is 1. The molecule has 2 aromatic rings. The molecule has 1 N–H and O–H groups in total. The predicted molar refractivity (Wildman–Crippen MR) is 114 cm³/mol. The van der Waals surface area contributed by atoms with Crippen LogP contribution in [-0.4, -0.2) is 28.5 Å². The van der Waals surface area contributed by atoms with Crippen LogP contribution in [0.25, 0.3) is 6.08 Å². The maximum Gasteiger partial charge on any atom is 0.294 e. The van der Waals surface area contributed by atoms with E-state index in [9.17, 15) is 14.4 Å². The molecule has 0 spiro atoms. The molecule has 1 aliphatic heterocycles. The molecule has 0 aliphatic carbocycles. The van der Waals surface area contributed by atoms with E-state index in [1.807, 2.05) is 26.0 Å². The van der Waals surface area contributed by atoms with Crippen LogP contribution in [0, 0.1) is 13.8 Å². The van der Waals surface area contributed by atoms with E-state index >= 15 is 0 Å². The van der Waals surface area contributed by atoms with Crippen molar-refractivity contribution in [1.82, 2.24) is 4.90 Å². The average molecular weight is 435 g/mol. The average Bonchev–Trinajstić information content (AvgIpc) is 2.89. The van der Waals surface area contributed by atoms with Gasteiger partial charge in [-0.15, -0.1) is 0 Å². The Bertz CT molecular complexity index is 1020. The number of halogens is 2. The standard InChI is InChI=1S/C20H16Cl2N2O3S/c1-11-4-3-5-16(12(11)2)23-18(25)10-24-19(26)17(28-20(24)27)8-13-6-7-14(21)9-15(13)22/h3-9H,10H2,1-2H3,(H,23,25)/b17-8+. The molecule has 0 bridgehead atoms. The fraction of sp³-hybridized carbons (Fsp3) is 0.150. The minimum atomic E-state index is -0.530. The quantitative estimate of drug-likeness (QED) is 0.664. The number of aryl methyl sites for hydroxylation is 1. The molecule has 8 heteroatoms. The van der Waals surface area contributed by atoms with Gasteiger partial charge in [0.15, 0.2) is 0 Å². The van der Waals surface area contributed by atoms with Crippen LogP contribution >= 0.6 is 35.0 Å². The van der Waals surface area contributed by atoms with Gasteiger partial charge in [-0.1, -0.05) is 41.4 Å². The second-order valence-corrected chi connectivity index (χ2v) is 8.07. The van der Waals surface area contributed by atoms with E-state index in [2.05, 4.69) is 5.32 Å². The lowest BCUT2D eigenvalue weighted by Gasteiger charge is -2.14. The monoisotopic (exact) mass is 434 g/mol. The van der Waals surface area contributed by atoms with E-state index in [4.69, 9.17) is 23.2 Å². The highest BCUT2D eigenvalue weighted by Gasteiger charge is 2.36. The fourth-order valence-electron chi connectivity index (χ4n) is 2.62. The number of nitrogens with zero attached hydrogens (tertiary/aromatic N) is 1. The number of nitrogens with one attached hydrogen (secondary N) is 1. The molecule has 144 valence electrons. The minimum Gasteiger partial charge on any atom is -0.324 e. The summed E-state index contributed by atoms with van der Waals surface area (Å²) in [5.41, 5.74) is 3.19. The number of hydrogen-bond donors (Lipinski definition) is 1. The SMILES string of the molecule is Cc1cccc(NC(=O)CN2C(=O)S/C(=C/c3ccc(Cl)cc3Cl)C2=O)c1C. The van der Waals surface area contributed by atoms with Crippen molar-refractivity contribution in [2.75, 3.05) is 11.9 Å². The zero-order chi connectivity index (χ0) is 20.4. The molecule has 2 aromatic carbocycles. The predicted octanol–water partition coefficient (Wildman–Crippen LogP) is 5.29. The van der Waals surface area contributed by atoms with Crippen molar-refractivity contribution in [3.05, 3.63) is 68.0 Å². The second-order valence-electron chi connectivity index (χ2n) is 6.23. The Balaban J connectivity index is 1.74. The van der Waals surface area contributed by atoms with Crippen LogP contribution in [0.5, 0.6) is 0 Å².